The van der Waals surface area contributed by atoms with Crippen LogP contribution in [0.2, 0.25) is 0 Å². The van der Waals surface area contributed by atoms with Gasteiger partial charge in [-0.1, -0.05) is 0 Å². The van der Waals surface area contributed by atoms with Crippen LogP contribution in [0.4, 0.5) is 8.78 Å². The van der Waals surface area contributed by atoms with Crippen LogP contribution in [-0.2, 0) is 4.79 Å². The van der Waals surface area contributed by atoms with Crippen molar-refractivity contribution in [3.63, 3.8) is 0 Å². The van der Waals surface area contributed by atoms with Crippen molar-refractivity contribution in [1.29, 1.82) is 0 Å². The van der Waals surface area contributed by atoms with Gasteiger partial charge >= 0.3 is 0 Å². The van der Waals surface area contributed by atoms with E-state index in [1.807, 2.05) is 0 Å². The van der Waals surface area contributed by atoms with E-state index in [-0.39, 0.29) is 5.56 Å². The number of carbonyl (C=O) groups is 2. The summed E-state index contributed by atoms with van der Waals surface area (Å²) in [6.45, 7) is 2.82. The van der Waals surface area contributed by atoms with Crippen LogP contribution in [0, 0.1) is 11.6 Å². The average molecular weight is 242 g/mol. The number of rotatable bonds is 3. The van der Waals surface area contributed by atoms with Gasteiger partial charge in [-0.05, 0) is 32.0 Å². The molecule has 6 heteroatoms. The lowest BCUT2D eigenvalue weighted by atomic mass is 10.0. The van der Waals surface area contributed by atoms with Crippen LogP contribution >= 0.6 is 0 Å². The maximum absolute atomic E-state index is 12.9. The van der Waals surface area contributed by atoms with Crippen LogP contribution < -0.4 is 11.1 Å². The molecule has 1 rings (SSSR count). The highest BCUT2D eigenvalue weighted by Crippen LogP contribution is 2.10. The zero-order valence-corrected chi connectivity index (χ0v) is 9.38. The third kappa shape index (κ3) is 2.99. The number of hydrogen-bond donors (Lipinski definition) is 2. The minimum Gasteiger partial charge on any atom is -0.368 e. The molecule has 92 valence electrons. The van der Waals surface area contributed by atoms with Gasteiger partial charge in [0.1, 0.15) is 5.54 Å². The van der Waals surface area contributed by atoms with Crippen molar-refractivity contribution >= 4 is 11.8 Å². The van der Waals surface area contributed by atoms with Crippen molar-refractivity contribution in [2.75, 3.05) is 0 Å². The van der Waals surface area contributed by atoms with Gasteiger partial charge in [0.15, 0.2) is 11.6 Å². The second-order valence-electron chi connectivity index (χ2n) is 4.07. The Hall–Kier alpha value is -1.98. The minimum absolute atomic E-state index is 0.0850. The Morgan fingerprint density at radius 3 is 2.29 bits per heavy atom. The number of primary amides is 1. The molecule has 0 radical (unpaired) electrons. The Balaban J connectivity index is 2.91. The van der Waals surface area contributed by atoms with Crippen LogP contribution in [0.25, 0.3) is 0 Å². The molecule has 0 aliphatic carbocycles. The maximum atomic E-state index is 12.9. The summed E-state index contributed by atoms with van der Waals surface area (Å²) in [4.78, 5) is 22.6. The second-order valence-corrected chi connectivity index (χ2v) is 4.07. The van der Waals surface area contributed by atoms with Crippen molar-refractivity contribution in [2.45, 2.75) is 19.4 Å². The van der Waals surface area contributed by atoms with Crippen molar-refractivity contribution in [3.8, 4) is 0 Å². The van der Waals surface area contributed by atoms with Crippen LogP contribution in [-0.4, -0.2) is 17.4 Å². The predicted molar refractivity (Wildman–Crippen MR) is 57.1 cm³/mol. The standard InChI is InChI=1S/C11H12F2N2O2/c1-11(2,10(14)17)15-9(16)6-3-4-7(12)8(13)5-6/h3-5H,1-2H3,(H2,14,17)(H,15,16). The molecule has 0 unspecified atom stereocenters. The lowest BCUT2D eigenvalue weighted by molar-refractivity contribution is -0.122. The van der Waals surface area contributed by atoms with Crippen LogP contribution in [0.5, 0.6) is 0 Å². The summed E-state index contributed by atoms with van der Waals surface area (Å²) in [7, 11) is 0. The largest absolute Gasteiger partial charge is 0.368 e. The van der Waals surface area contributed by atoms with E-state index in [1.54, 1.807) is 0 Å². The third-order valence-corrected chi connectivity index (χ3v) is 2.22. The fraction of sp³-hybridized carbons (Fsp3) is 0.273. The summed E-state index contributed by atoms with van der Waals surface area (Å²) in [5, 5.41) is 2.32. The number of nitrogens with two attached hydrogens (primary N) is 1. The van der Waals surface area contributed by atoms with Crippen LogP contribution in [0.3, 0.4) is 0 Å². The zero-order valence-electron chi connectivity index (χ0n) is 9.38. The van der Waals surface area contributed by atoms with Gasteiger partial charge in [0.2, 0.25) is 5.91 Å². The second kappa shape index (κ2) is 4.48. The molecule has 0 heterocycles. The van der Waals surface area contributed by atoms with Crippen molar-refractivity contribution in [3.05, 3.63) is 35.4 Å². The Morgan fingerprint density at radius 1 is 1.24 bits per heavy atom. The molecule has 2 amide bonds. The highest BCUT2D eigenvalue weighted by molar-refractivity contribution is 5.98. The molecule has 0 saturated heterocycles. The van der Waals surface area contributed by atoms with Crippen molar-refractivity contribution in [1.82, 2.24) is 5.32 Å². The Labute approximate surface area is 96.8 Å². The molecule has 0 bridgehead atoms. The quantitative estimate of drug-likeness (QED) is 0.828. The molecular formula is C11H12F2N2O2. The Kier molecular flexibility index (Phi) is 3.45. The van der Waals surface area contributed by atoms with Crippen LogP contribution in [0.15, 0.2) is 18.2 Å². The molecule has 4 nitrogen and oxygen atoms in total. The van der Waals surface area contributed by atoms with Gasteiger partial charge in [-0.2, -0.15) is 0 Å². The van der Waals surface area contributed by atoms with Gasteiger partial charge in [-0.15, -0.1) is 0 Å². The summed E-state index contributed by atoms with van der Waals surface area (Å²) in [6, 6.07) is 2.70. The fourth-order valence-electron chi connectivity index (χ4n) is 1.05. The molecule has 0 aliphatic rings. The molecule has 3 N–H and O–H groups in total. The lowest BCUT2D eigenvalue weighted by Crippen LogP contribution is -2.53. The summed E-state index contributed by atoms with van der Waals surface area (Å²) in [6.07, 6.45) is 0. The van der Waals surface area contributed by atoms with Gasteiger partial charge in [0, 0.05) is 5.56 Å². The van der Waals surface area contributed by atoms with Gasteiger partial charge in [0.05, 0.1) is 0 Å². The van der Waals surface area contributed by atoms with Crippen molar-refractivity contribution < 1.29 is 18.4 Å². The number of amides is 2. The summed E-state index contributed by atoms with van der Waals surface area (Å²) in [5.41, 5.74) is 3.72. The zero-order chi connectivity index (χ0) is 13.2. The number of benzene rings is 1. The molecule has 0 saturated carbocycles. The molecule has 17 heavy (non-hydrogen) atoms. The van der Waals surface area contributed by atoms with Gasteiger partial charge in [-0.3, -0.25) is 9.59 Å². The Morgan fingerprint density at radius 2 is 1.82 bits per heavy atom. The minimum atomic E-state index is -1.26. The molecule has 0 fully saturated rings. The molecule has 1 aromatic carbocycles. The fourth-order valence-corrected chi connectivity index (χ4v) is 1.05. The first-order chi connectivity index (χ1) is 7.74. The molecule has 0 spiro atoms. The first-order valence-corrected chi connectivity index (χ1v) is 4.81. The highest BCUT2D eigenvalue weighted by Gasteiger charge is 2.27. The maximum Gasteiger partial charge on any atom is 0.252 e. The van der Waals surface area contributed by atoms with E-state index in [0.717, 1.165) is 18.2 Å². The van der Waals surface area contributed by atoms with Crippen molar-refractivity contribution in [2.24, 2.45) is 5.73 Å². The lowest BCUT2D eigenvalue weighted by Gasteiger charge is -2.22. The monoisotopic (exact) mass is 242 g/mol. The molecular weight excluding hydrogens is 230 g/mol. The van der Waals surface area contributed by atoms with E-state index < -0.39 is 29.0 Å². The average Bonchev–Trinajstić information content (AvgIpc) is 2.21. The van der Waals surface area contributed by atoms with Gasteiger partial charge in [-0.25, -0.2) is 8.78 Å². The van der Waals surface area contributed by atoms with E-state index in [9.17, 15) is 18.4 Å². The summed E-state index contributed by atoms with van der Waals surface area (Å²) >= 11 is 0. The number of carbonyl (C=O) groups excluding carboxylic acids is 2. The number of halogens is 2. The predicted octanol–water partition coefficient (Wildman–Crippen LogP) is 0.958. The molecule has 0 aromatic heterocycles. The van der Waals surface area contributed by atoms with E-state index in [0.29, 0.717) is 0 Å². The smallest absolute Gasteiger partial charge is 0.252 e. The number of nitrogens with one attached hydrogen (secondary N) is 1. The first-order valence-electron chi connectivity index (χ1n) is 4.81. The highest BCUT2D eigenvalue weighted by atomic mass is 19.2. The van der Waals surface area contributed by atoms with E-state index in [2.05, 4.69) is 5.32 Å². The summed E-state index contributed by atoms with van der Waals surface area (Å²) in [5.74, 6) is -3.61. The first kappa shape index (κ1) is 13.1. The molecule has 0 atom stereocenters. The van der Waals surface area contributed by atoms with Gasteiger partial charge in [0.25, 0.3) is 5.91 Å². The van der Waals surface area contributed by atoms with E-state index in [1.165, 1.54) is 13.8 Å². The van der Waals surface area contributed by atoms with E-state index >= 15 is 0 Å². The van der Waals surface area contributed by atoms with Crippen LogP contribution in [0.1, 0.15) is 24.2 Å². The molecule has 0 aliphatic heterocycles. The normalized spacial score (nSPS) is 11.1. The molecule has 1 aromatic rings. The third-order valence-electron chi connectivity index (χ3n) is 2.22. The number of hydrogen-bond acceptors (Lipinski definition) is 2. The van der Waals surface area contributed by atoms with E-state index in [4.69, 9.17) is 5.73 Å². The summed E-state index contributed by atoms with van der Waals surface area (Å²) < 4.78 is 25.5. The van der Waals surface area contributed by atoms with Gasteiger partial charge < -0.3 is 11.1 Å². The topological polar surface area (TPSA) is 72.2 Å². The Bertz CT molecular complexity index is 473. The SMILES string of the molecule is CC(C)(NC(=O)c1ccc(F)c(F)c1)C(N)=O.